The molecular formula is C22H25N3O2. The maximum absolute atomic E-state index is 13.2. The van der Waals surface area contributed by atoms with Crippen molar-refractivity contribution in [2.75, 3.05) is 31.1 Å². The number of nitrogens with one attached hydrogen (secondary N) is 1. The molecule has 2 aromatic carbocycles. The Labute approximate surface area is 159 Å². The number of nitrogens with zero attached hydrogens (tertiary/aromatic N) is 2. The number of fused-ring (bicyclic) bond motifs is 1. The maximum atomic E-state index is 13.2. The lowest BCUT2D eigenvalue weighted by Crippen LogP contribution is -2.51. The van der Waals surface area contributed by atoms with Gasteiger partial charge in [0.15, 0.2) is 5.78 Å². The van der Waals surface area contributed by atoms with E-state index in [2.05, 4.69) is 14.8 Å². The molecule has 2 heterocycles. The van der Waals surface area contributed by atoms with Gasteiger partial charge in [0.25, 0.3) is 0 Å². The van der Waals surface area contributed by atoms with Crippen LogP contribution in [0.4, 0.5) is 5.69 Å². The number of para-hydroxylation sites is 1. The summed E-state index contributed by atoms with van der Waals surface area (Å²) in [5.74, 6) is 0.466. The minimum Gasteiger partial charge on any atom is -0.508 e. The number of aryl methyl sites for hydroxylation is 1. The second-order valence-electron chi connectivity index (χ2n) is 7.25. The molecule has 1 unspecified atom stereocenters. The highest BCUT2D eigenvalue weighted by molar-refractivity contribution is 6.11. The van der Waals surface area contributed by atoms with Crippen molar-refractivity contribution < 1.29 is 9.90 Å². The molecule has 0 spiro atoms. The Balaban J connectivity index is 1.47. The van der Waals surface area contributed by atoms with Gasteiger partial charge >= 0.3 is 0 Å². The first-order chi connectivity index (χ1) is 13.0. The zero-order chi connectivity index (χ0) is 19.0. The summed E-state index contributed by atoms with van der Waals surface area (Å²) in [4.78, 5) is 21.1. The van der Waals surface area contributed by atoms with Crippen LogP contribution in [0.2, 0.25) is 0 Å². The maximum Gasteiger partial charge on any atom is 0.182 e. The number of carbonyl (C=O) groups is 1. The van der Waals surface area contributed by atoms with Crippen molar-refractivity contribution in [1.29, 1.82) is 0 Å². The van der Waals surface area contributed by atoms with Gasteiger partial charge in [-0.15, -0.1) is 0 Å². The van der Waals surface area contributed by atoms with Crippen LogP contribution in [0.1, 0.15) is 23.0 Å². The number of H-pyrrole nitrogens is 1. The van der Waals surface area contributed by atoms with Crippen molar-refractivity contribution >= 4 is 22.4 Å². The molecule has 1 aliphatic rings. The molecule has 5 nitrogen and oxygen atoms in total. The molecule has 0 saturated carbocycles. The molecule has 3 aromatic rings. The van der Waals surface area contributed by atoms with Crippen LogP contribution in [0.5, 0.6) is 5.75 Å². The highest BCUT2D eigenvalue weighted by atomic mass is 16.3. The molecule has 27 heavy (non-hydrogen) atoms. The van der Waals surface area contributed by atoms with Crippen molar-refractivity contribution in [2.24, 2.45) is 0 Å². The van der Waals surface area contributed by atoms with Crippen molar-refractivity contribution in [1.82, 2.24) is 9.88 Å². The van der Waals surface area contributed by atoms with Crippen LogP contribution >= 0.6 is 0 Å². The number of Topliss-reactive ketones (excluding diaryl/α,β-unsaturated/α-hetero) is 1. The number of aromatic nitrogens is 1. The van der Waals surface area contributed by atoms with Crippen LogP contribution in [0.25, 0.3) is 10.9 Å². The number of aromatic hydroxyl groups is 1. The van der Waals surface area contributed by atoms with Gasteiger partial charge in [-0.3, -0.25) is 9.69 Å². The minimum absolute atomic E-state index is 0.148. The fraction of sp³-hybridized carbons (Fsp3) is 0.318. The van der Waals surface area contributed by atoms with Crippen LogP contribution in [-0.2, 0) is 0 Å². The third-order valence-electron chi connectivity index (χ3n) is 5.60. The van der Waals surface area contributed by atoms with Gasteiger partial charge in [-0.25, -0.2) is 0 Å². The predicted octanol–water partition coefficient (Wildman–Crippen LogP) is 3.58. The zero-order valence-electron chi connectivity index (χ0n) is 15.8. The van der Waals surface area contributed by atoms with Gasteiger partial charge in [0.05, 0.1) is 6.04 Å². The Morgan fingerprint density at radius 2 is 1.70 bits per heavy atom. The third-order valence-corrected chi connectivity index (χ3v) is 5.60. The number of piperazine rings is 1. The highest BCUT2D eigenvalue weighted by Crippen LogP contribution is 2.25. The van der Waals surface area contributed by atoms with Gasteiger partial charge < -0.3 is 15.0 Å². The molecule has 4 rings (SSSR count). The van der Waals surface area contributed by atoms with Gasteiger partial charge in [-0.2, -0.15) is 0 Å². The van der Waals surface area contributed by atoms with E-state index in [1.54, 1.807) is 12.1 Å². The van der Waals surface area contributed by atoms with E-state index in [-0.39, 0.29) is 17.6 Å². The fourth-order valence-electron chi connectivity index (χ4n) is 4.00. The average molecular weight is 363 g/mol. The number of phenols is 1. The molecule has 1 fully saturated rings. The number of carbonyl (C=O) groups excluding carboxylic acids is 1. The molecule has 5 heteroatoms. The van der Waals surface area contributed by atoms with E-state index in [0.717, 1.165) is 54.0 Å². The summed E-state index contributed by atoms with van der Waals surface area (Å²) in [6.45, 7) is 7.41. The number of benzene rings is 2. The Morgan fingerprint density at radius 3 is 2.41 bits per heavy atom. The second kappa shape index (κ2) is 7.08. The number of rotatable bonds is 4. The van der Waals surface area contributed by atoms with Crippen molar-refractivity contribution in [3.05, 3.63) is 59.8 Å². The SMILES string of the molecule is Cc1[nH]c2ccccc2c1C(=O)C(C)N1CCN(c2ccc(O)cc2)CC1. The van der Waals surface area contributed by atoms with Crippen LogP contribution in [-0.4, -0.2) is 53.0 Å². The molecule has 1 saturated heterocycles. The molecule has 0 aliphatic carbocycles. The van der Waals surface area contributed by atoms with Gasteiger partial charge in [0.1, 0.15) is 5.75 Å². The lowest BCUT2D eigenvalue weighted by molar-refractivity contribution is 0.0831. The molecule has 2 N–H and O–H groups in total. The van der Waals surface area contributed by atoms with Crippen LogP contribution in [0, 0.1) is 6.92 Å². The van der Waals surface area contributed by atoms with Gasteiger partial charge in [-0.05, 0) is 44.2 Å². The summed E-state index contributed by atoms with van der Waals surface area (Å²) in [7, 11) is 0. The van der Waals surface area contributed by atoms with Gasteiger partial charge in [0.2, 0.25) is 0 Å². The Kier molecular flexibility index (Phi) is 4.62. The average Bonchev–Trinajstić information content (AvgIpc) is 3.03. The molecule has 0 amide bonds. The van der Waals surface area contributed by atoms with Crippen molar-refractivity contribution in [2.45, 2.75) is 19.9 Å². The largest absolute Gasteiger partial charge is 0.508 e. The number of anilines is 1. The lowest BCUT2D eigenvalue weighted by Gasteiger charge is -2.38. The summed E-state index contributed by atoms with van der Waals surface area (Å²) >= 11 is 0. The highest BCUT2D eigenvalue weighted by Gasteiger charge is 2.28. The Morgan fingerprint density at radius 1 is 1.04 bits per heavy atom. The topological polar surface area (TPSA) is 59.6 Å². The first-order valence-electron chi connectivity index (χ1n) is 9.44. The molecule has 140 valence electrons. The molecule has 1 aliphatic heterocycles. The van der Waals surface area contributed by atoms with E-state index in [0.29, 0.717) is 0 Å². The van der Waals surface area contributed by atoms with Crippen LogP contribution < -0.4 is 4.90 Å². The summed E-state index contributed by atoms with van der Waals surface area (Å²) in [6, 6.07) is 15.2. The van der Waals surface area contributed by atoms with E-state index in [1.165, 1.54) is 0 Å². The normalized spacial score (nSPS) is 16.6. The van der Waals surface area contributed by atoms with Gasteiger partial charge in [0, 0.05) is 54.0 Å². The smallest absolute Gasteiger partial charge is 0.182 e. The van der Waals surface area contributed by atoms with E-state index in [9.17, 15) is 9.90 Å². The lowest BCUT2D eigenvalue weighted by atomic mass is 10.0. The summed E-state index contributed by atoms with van der Waals surface area (Å²) in [6.07, 6.45) is 0. The summed E-state index contributed by atoms with van der Waals surface area (Å²) < 4.78 is 0. The van der Waals surface area contributed by atoms with Crippen molar-refractivity contribution in [3.8, 4) is 5.75 Å². The van der Waals surface area contributed by atoms with Crippen LogP contribution in [0.3, 0.4) is 0 Å². The molecule has 1 atom stereocenters. The van der Waals surface area contributed by atoms with Crippen LogP contribution in [0.15, 0.2) is 48.5 Å². The minimum atomic E-state index is -0.148. The standard InChI is InChI=1S/C22H25N3O2/c1-15-21(19-5-3-4-6-20(19)23-15)22(27)16(2)24-11-13-25(14-12-24)17-7-9-18(26)10-8-17/h3-10,16,23,26H,11-14H2,1-2H3. The molecule has 0 radical (unpaired) electrons. The molecule has 1 aromatic heterocycles. The summed E-state index contributed by atoms with van der Waals surface area (Å²) in [5, 5.41) is 10.5. The number of aromatic amines is 1. The number of phenolic OH excluding ortho intramolecular Hbond substituents is 1. The predicted molar refractivity (Wildman–Crippen MR) is 109 cm³/mol. The number of hydrogen-bond donors (Lipinski definition) is 2. The Bertz CT molecular complexity index is 953. The second-order valence-corrected chi connectivity index (χ2v) is 7.25. The monoisotopic (exact) mass is 363 g/mol. The Hall–Kier alpha value is -2.79. The number of hydrogen-bond acceptors (Lipinski definition) is 4. The van der Waals surface area contributed by atoms with Crippen molar-refractivity contribution in [3.63, 3.8) is 0 Å². The molecular weight excluding hydrogens is 338 g/mol. The zero-order valence-corrected chi connectivity index (χ0v) is 15.8. The number of ketones is 1. The fourth-order valence-corrected chi connectivity index (χ4v) is 4.00. The van der Waals surface area contributed by atoms with E-state index >= 15 is 0 Å². The first kappa shape index (κ1) is 17.6. The first-order valence-corrected chi connectivity index (χ1v) is 9.44. The van der Waals surface area contributed by atoms with E-state index in [1.807, 2.05) is 50.2 Å². The van der Waals surface area contributed by atoms with E-state index in [4.69, 9.17) is 0 Å². The molecule has 0 bridgehead atoms. The third kappa shape index (κ3) is 3.30. The summed E-state index contributed by atoms with van der Waals surface area (Å²) in [5.41, 5.74) is 3.89. The quantitative estimate of drug-likeness (QED) is 0.696. The van der Waals surface area contributed by atoms with Gasteiger partial charge in [-0.1, -0.05) is 18.2 Å². The van der Waals surface area contributed by atoms with E-state index < -0.39 is 0 Å².